The van der Waals surface area contributed by atoms with Gasteiger partial charge in [-0.15, -0.1) is 0 Å². The number of carbonyl (C=O) groups excluding carboxylic acids is 3. The van der Waals surface area contributed by atoms with E-state index in [1.165, 1.54) is 51.4 Å². The molecule has 1 aliphatic rings. The summed E-state index contributed by atoms with van der Waals surface area (Å²) in [5, 5.41) is 13.0. The smallest absolute Gasteiger partial charge is 0.226 e. The molecule has 0 aromatic carbocycles. The molecule has 6 nitrogen and oxygen atoms in total. The molecule has 1 unspecified atom stereocenters. The molecule has 1 rings (SSSR count). The van der Waals surface area contributed by atoms with Gasteiger partial charge in [0.2, 0.25) is 5.91 Å². The van der Waals surface area contributed by atoms with Gasteiger partial charge in [-0.25, -0.2) is 0 Å². The van der Waals surface area contributed by atoms with E-state index in [-0.39, 0.29) is 36.4 Å². The highest BCUT2D eigenvalue weighted by Crippen LogP contribution is 2.34. The van der Waals surface area contributed by atoms with Crippen LogP contribution >= 0.6 is 0 Å². The molecule has 4 N–H and O–H groups in total. The number of hydrogen-bond donors (Lipinski definition) is 3. The Morgan fingerprint density at radius 2 is 1.70 bits per heavy atom. The number of carbonyl (C=O) groups is 3. The second kappa shape index (κ2) is 16.4. The maximum atomic E-state index is 13.1. The summed E-state index contributed by atoms with van der Waals surface area (Å²) in [4.78, 5) is 38.4. The number of rotatable bonds is 17. The van der Waals surface area contributed by atoms with Crippen LogP contribution in [-0.4, -0.2) is 41.3 Å². The molecule has 0 bridgehead atoms. The first-order valence-electron chi connectivity index (χ1n) is 13.5. The van der Waals surface area contributed by atoms with Gasteiger partial charge < -0.3 is 16.2 Å². The van der Waals surface area contributed by atoms with Crippen molar-refractivity contribution in [1.82, 2.24) is 5.32 Å². The molecule has 1 saturated carbocycles. The molecule has 5 atom stereocenters. The number of Topliss-reactive ketones (excluding diaryl/α,β-unsaturated/α-hetero) is 2. The normalized spacial score (nSPS) is 21.4. The van der Waals surface area contributed by atoms with E-state index in [1.807, 2.05) is 0 Å². The lowest BCUT2D eigenvalue weighted by Gasteiger charge is -2.30. The molecule has 192 valence electrons. The summed E-state index contributed by atoms with van der Waals surface area (Å²) < 4.78 is 0. The van der Waals surface area contributed by atoms with Gasteiger partial charge in [-0.3, -0.25) is 14.4 Å². The Kier molecular flexibility index (Phi) is 14.8. The molecule has 1 fully saturated rings. The molecule has 33 heavy (non-hydrogen) atoms. The minimum atomic E-state index is -0.955. The molecule has 0 radical (unpaired) electrons. The van der Waals surface area contributed by atoms with Crippen molar-refractivity contribution in [3.8, 4) is 0 Å². The zero-order valence-electron chi connectivity index (χ0n) is 21.6. The van der Waals surface area contributed by atoms with Gasteiger partial charge in [-0.2, -0.15) is 0 Å². The third-order valence-corrected chi connectivity index (χ3v) is 7.23. The molecule has 0 aromatic heterocycles. The Hall–Kier alpha value is -1.27. The number of aliphatic hydroxyl groups is 1. The zero-order valence-corrected chi connectivity index (χ0v) is 21.6. The second-order valence-corrected chi connectivity index (χ2v) is 10.5. The highest BCUT2D eigenvalue weighted by Gasteiger charge is 2.34. The van der Waals surface area contributed by atoms with E-state index in [4.69, 9.17) is 5.73 Å². The van der Waals surface area contributed by atoms with Crippen molar-refractivity contribution >= 4 is 17.5 Å². The maximum absolute atomic E-state index is 13.1. The third kappa shape index (κ3) is 11.1. The fraction of sp³-hybridized carbons (Fsp3) is 0.889. The summed E-state index contributed by atoms with van der Waals surface area (Å²) in [6, 6.07) is -0.671. The SMILES string of the molecule is CCCCCCCC[C@@H]1CCCC(C(=O)C[C@H](C(=O)N[C@@H](CCN)C(=O)C(C)C)[C@H](C)O)C1. The number of unbranched alkanes of at least 4 members (excludes halogenated alkanes) is 5. The van der Waals surface area contributed by atoms with E-state index in [0.717, 1.165) is 19.3 Å². The topological polar surface area (TPSA) is 109 Å². The minimum absolute atomic E-state index is 0.0185. The summed E-state index contributed by atoms with van der Waals surface area (Å²) in [5.74, 6) is -0.907. The van der Waals surface area contributed by atoms with Crippen LogP contribution < -0.4 is 11.1 Å². The Morgan fingerprint density at radius 1 is 1.03 bits per heavy atom. The first-order chi connectivity index (χ1) is 15.7. The third-order valence-electron chi connectivity index (χ3n) is 7.23. The Morgan fingerprint density at radius 3 is 2.30 bits per heavy atom. The molecular weight excluding hydrogens is 416 g/mol. The van der Waals surface area contributed by atoms with Gasteiger partial charge in [0.25, 0.3) is 0 Å². The largest absolute Gasteiger partial charge is 0.393 e. The van der Waals surface area contributed by atoms with Gasteiger partial charge in [-0.1, -0.05) is 78.6 Å². The van der Waals surface area contributed by atoms with Crippen LogP contribution in [0.4, 0.5) is 0 Å². The molecule has 6 heteroatoms. The average Bonchev–Trinajstić information content (AvgIpc) is 2.78. The van der Waals surface area contributed by atoms with Crippen molar-refractivity contribution in [2.75, 3.05) is 6.54 Å². The van der Waals surface area contributed by atoms with Gasteiger partial charge >= 0.3 is 0 Å². The van der Waals surface area contributed by atoms with Crippen LogP contribution in [0.25, 0.3) is 0 Å². The number of hydrogen-bond acceptors (Lipinski definition) is 5. The second-order valence-electron chi connectivity index (χ2n) is 10.5. The first kappa shape index (κ1) is 29.8. The highest BCUT2D eigenvalue weighted by atomic mass is 16.3. The molecule has 1 amide bonds. The molecule has 0 aliphatic heterocycles. The number of nitrogens with two attached hydrogens (primary N) is 1. The van der Waals surface area contributed by atoms with Gasteiger partial charge in [-0.05, 0) is 38.6 Å². The van der Waals surface area contributed by atoms with Crippen molar-refractivity contribution in [2.24, 2.45) is 29.4 Å². The van der Waals surface area contributed by atoms with Gasteiger partial charge in [0.05, 0.1) is 18.1 Å². The predicted octanol–water partition coefficient (Wildman–Crippen LogP) is 4.56. The lowest BCUT2D eigenvalue weighted by molar-refractivity contribution is -0.137. The lowest BCUT2D eigenvalue weighted by Crippen LogP contribution is -2.48. The van der Waals surface area contributed by atoms with E-state index in [9.17, 15) is 19.5 Å². The molecule has 0 saturated heterocycles. The Labute approximate surface area is 201 Å². The first-order valence-corrected chi connectivity index (χ1v) is 13.5. The van der Waals surface area contributed by atoms with Crippen molar-refractivity contribution in [3.63, 3.8) is 0 Å². The highest BCUT2D eigenvalue weighted by molar-refractivity contribution is 5.93. The molecule has 0 spiro atoms. The summed E-state index contributed by atoms with van der Waals surface area (Å²) in [7, 11) is 0. The van der Waals surface area contributed by atoms with Crippen LogP contribution in [0.3, 0.4) is 0 Å². The van der Waals surface area contributed by atoms with Crippen LogP contribution in [0.15, 0.2) is 0 Å². The monoisotopic (exact) mass is 466 g/mol. The zero-order chi connectivity index (χ0) is 24.8. The van der Waals surface area contributed by atoms with Crippen LogP contribution in [0.5, 0.6) is 0 Å². The Balaban J connectivity index is 2.61. The van der Waals surface area contributed by atoms with E-state index in [1.54, 1.807) is 20.8 Å². The van der Waals surface area contributed by atoms with Crippen molar-refractivity contribution in [2.45, 2.75) is 123 Å². The lowest BCUT2D eigenvalue weighted by atomic mass is 9.75. The van der Waals surface area contributed by atoms with Crippen molar-refractivity contribution in [3.05, 3.63) is 0 Å². The minimum Gasteiger partial charge on any atom is -0.393 e. The summed E-state index contributed by atoms with van der Waals surface area (Å²) in [5.41, 5.74) is 5.63. The number of ketones is 2. The predicted molar refractivity (Wildman–Crippen MR) is 134 cm³/mol. The van der Waals surface area contributed by atoms with Gasteiger partial charge in [0, 0.05) is 18.3 Å². The van der Waals surface area contributed by atoms with Gasteiger partial charge in [0.15, 0.2) is 5.78 Å². The summed E-state index contributed by atoms with van der Waals surface area (Å²) >= 11 is 0. The van der Waals surface area contributed by atoms with Gasteiger partial charge in [0.1, 0.15) is 5.78 Å². The fourth-order valence-electron chi connectivity index (χ4n) is 5.06. The number of amides is 1. The Bertz CT molecular complexity index is 591. The van der Waals surface area contributed by atoms with Crippen molar-refractivity contribution < 1.29 is 19.5 Å². The summed E-state index contributed by atoms with van der Waals surface area (Å²) in [6.45, 7) is 7.64. The van der Waals surface area contributed by atoms with E-state index in [0.29, 0.717) is 12.3 Å². The van der Waals surface area contributed by atoms with E-state index in [2.05, 4.69) is 12.2 Å². The van der Waals surface area contributed by atoms with E-state index < -0.39 is 24.0 Å². The van der Waals surface area contributed by atoms with Crippen molar-refractivity contribution in [1.29, 1.82) is 0 Å². The molecule has 1 aliphatic carbocycles. The molecule has 0 heterocycles. The summed E-state index contributed by atoms with van der Waals surface area (Å²) in [6.07, 6.45) is 12.4. The fourth-order valence-corrected chi connectivity index (χ4v) is 5.06. The van der Waals surface area contributed by atoms with Crippen LogP contribution in [0.1, 0.15) is 111 Å². The van der Waals surface area contributed by atoms with E-state index >= 15 is 0 Å². The standard InChI is InChI=1S/C27H50N2O4/c1-5-6-7-8-9-10-12-21-13-11-14-22(17-21)25(31)18-23(20(4)30)27(33)29-24(15-16-28)26(32)19(2)3/h19-24,30H,5-18,28H2,1-4H3,(H,29,33)/t20-,21+,22?,23-,24-/m0/s1. The van der Waals surface area contributed by atoms with Crippen LogP contribution in [0.2, 0.25) is 0 Å². The number of nitrogens with one attached hydrogen (secondary N) is 1. The van der Waals surface area contributed by atoms with Crippen LogP contribution in [-0.2, 0) is 14.4 Å². The van der Waals surface area contributed by atoms with Crippen LogP contribution in [0, 0.1) is 23.7 Å². The average molecular weight is 467 g/mol. The number of aliphatic hydroxyl groups excluding tert-OH is 1. The quantitative estimate of drug-likeness (QED) is 0.272. The maximum Gasteiger partial charge on any atom is 0.226 e. The molecular formula is C27H50N2O4. The molecule has 0 aromatic rings.